The number of methoxy groups -OCH3 is 2. The zero-order valence-electron chi connectivity index (χ0n) is 18.0. The highest BCUT2D eigenvalue weighted by Crippen LogP contribution is 2.26. The van der Waals surface area contributed by atoms with Crippen LogP contribution in [0.15, 0.2) is 41.0 Å². The standard InChI is InChI=1S/C22H27N5O4/c1-15(23-22(28)18-5-4-12-31-18)21-25-24-20-8-9-26(10-11-27(20)21)14-16-6-7-17(29-2)13-19(16)30-3/h4-7,12-13,15H,8-11,14H2,1-3H3,(H,23,28)/t15-/m1/s1. The van der Waals surface area contributed by atoms with Gasteiger partial charge in [-0.3, -0.25) is 9.69 Å². The van der Waals surface area contributed by atoms with Crippen LogP contribution >= 0.6 is 0 Å². The molecule has 0 unspecified atom stereocenters. The quantitative estimate of drug-likeness (QED) is 0.621. The van der Waals surface area contributed by atoms with Crippen LogP contribution in [0.25, 0.3) is 0 Å². The van der Waals surface area contributed by atoms with Gasteiger partial charge in [-0.2, -0.15) is 0 Å². The van der Waals surface area contributed by atoms with Gasteiger partial charge in [0.05, 0.1) is 26.5 Å². The second-order valence-electron chi connectivity index (χ2n) is 7.50. The number of ether oxygens (including phenoxy) is 2. The molecule has 1 atom stereocenters. The molecule has 1 N–H and O–H groups in total. The smallest absolute Gasteiger partial charge is 0.287 e. The van der Waals surface area contributed by atoms with Crippen LogP contribution < -0.4 is 14.8 Å². The van der Waals surface area contributed by atoms with Gasteiger partial charge in [0.1, 0.15) is 17.3 Å². The number of amides is 1. The van der Waals surface area contributed by atoms with Crippen molar-refractivity contribution in [2.45, 2.75) is 32.5 Å². The van der Waals surface area contributed by atoms with Crippen LogP contribution in [-0.2, 0) is 19.5 Å². The fourth-order valence-electron chi connectivity index (χ4n) is 3.83. The minimum absolute atomic E-state index is 0.267. The maximum Gasteiger partial charge on any atom is 0.287 e. The molecule has 1 aliphatic rings. The van der Waals surface area contributed by atoms with Crippen LogP contribution in [0.5, 0.6) is 11.5 Å². The Morgan fingerprint density at radius 1 is 1.19 bits per heavy atom. The van der Waals surface area contributed by atoms with E-state index < -0.39 is 0 Å². The first-order valence-corrected chi connectivity index (χ1v) is 10.3. The summed E-state index contributed by atoms with van der Waals surface area (Å²) >= 11 is 0. The van der Waals surface area contributed by atoms with E-state index in [2.05, 4.69) is 25.0 Å². The Labute approximate surface area is 181 Å². The number of nitrogens with one attached hydrogen (secondary N) is 1. The lowest BCUT2D eigenvalue weighted by atomic mass is 10.1. The molecule has 1 amide bonds. The van der Waals surface area contributed by atoms with Crippen LogP contribution in [0.4, 0.5) is 0 Å². The lowest BCUT2D eigenvalue weighted by molar-refractivity contribution is 0.0909. The summed E-state index contributed by atoms with van der Waals surface area (Å²) in [5, 5.41) is 11.7. The molecule has 1 aliphatic heterocycles. The summed E-state index contributed by atoms with van der Waals surface area (Å²) in [7, 11) is 3.32. The van der Waals surface area contributed by atoms with Crippen molar-refractivity contribution in [2.75, 3.05) is 27.3 Å². The normalized spacial score (nSPS) is 15.1. The lowest BCUT2D eigenvalue weighted by Gasteiger charge is -2.21. The maximum atomic E-state index is 12.3. The minimum atomic E-state index is -0.285. The Morgan fingerprint density at radius 2 is 2.06 bits per heavy atom. The third-order valence-electron chi connectivity index (χ3n) is 5.52. The van der Waals surface area contributed by atoms with Gasteiger partial charge in [0.2, 0.25) is 0 Å². The van der Waals surface area contributed by atoms with Crippen molar-refractivity contribution in [3.05, 3.63) is 59.6 Å². The van der Waals surface area contributed by atoms with Gasteiger partial charge in [-0.05, 0) is 25.1 Å². The fourth-order valence-corrected chi connectivity index (χ4v) is 3.83. The molecule has 0 bridgehead atoms. The average Bonchev–Trinajstić information content (AvgIpc) is 3.42. The number of furan rings is 1. The van der Waals surface area contributed by atoms with Gasteiger partial charge in [-0.1, -0.05) is 6.07 Å². The van der Waals surface area contributed by atoms with Crippen LogP contribution in [0, 0.1) is 0 Å². The molecule has 9 nitrogen and oxygen atoms in total. The van der Waals surface area contributed by atoms with E-state index in [1.807, 2.05) is 25.1 Å². The molecule has 0 saturated carbocycles. The summed E-state index contributed by atoms with van der Waals surface area (Å²) in [6, 6.07) is 8.94. The first kappa shape index (κ1) is 20.9. The fraction of sp³-hybridized carbons (Fsp3) is 0.409. The summed E-state index contributed by atoms with van der Waals surface area (Å²) < 4.78 is 18.1. The Bertz CT molecular complexity index is 1030. The molecular weight excluding hydrogens is 398 g/mol. The number of carbonyl (C=O) groups excluding carboxylic acids is 1. The second kappa shape index (κ2) is 9.22. The monoisotopic (exact) mass is 425 g/mol. The Hall–Kier alpha value is -3.33. The number of fused-ring (bicyclic) bond motifs is 1. The zero-order chi connectivity index (χ0) is 21.8. The highest BCUT2D eigenvalue weighted by molar-refractivity contribution is 5.91. The van der Waals surface area contributed by atoms with E-state index in [1.54, 1.807) is 26.4 Å². The van der Waals surface area contributed by atoms with Gasteiger partial charge < -0.3 is 23.8 Å². The molecule has 0 radical (unpaired) electrons. The molecule has 0 spiro atoms. The van der Waals surface area contributed by atoms with Crippen molar-refractivity contribution in [3.8, 4) is 11.5 Å². The molecule has 0 aliphatic carbocycles. The van der Waals surface area contributed by atoms with Crippen molar-refractivity contribution in [1.29, 1.82) is 0 Å². The lowest BCUT2D eigenvalue weighted by Crippen LogP contribution is -2.30. The number of hydrogen-bond donors (Lipinski definition) is 1. The van der Waals surface area contributed by atoms with Gasteiger partial charge >= 0.3 is 0 Å². The Kier molecular flexibility index (Phi) is 6.22. The predicted molar refractivity (Wildman–Crippen MR) is 113 cm³/mol. The molecule has 1 aromatic carbocycles. The van der Waals surface area contributed by atoms with Crippen molar-refractivity contribution in [2.24, 2.45) is 0 Å². The molecule has 4 rings (SSSR count). The maximum absolute atomic E-state index is 12.3. The summed E-state index contributed by atoms with van der Waals surface area (Å²) in [5.74, 6) is 3.28. The van der Waals surface area contributed by atoms with Gasteiger partial charge in [0.15, 0.2) is 11.6 Å². The highest BCUT2D eigenvalue weighted by atomic mass is 16.5. The Morgan fingerprint density at radius 3 is 2.81 bits per heavy atom. The van der Waals surface area contributed by atoms with E-state index in [4.69, 9.17) is 13.9 Å². The molecule has 9 heteroatoms. The van der Waals surface area contributed by atoms with E-state index in [-0.39, 0.29) is 17.7 Å². The molecule has 164 valence electrons. The number of aromatic nitrogens is 3. The molecule has 3 heterocycles. The van der Waals surface area contributed by atoms with E-state index >= 15 is 0 Å². The van der Waals surface area contributed by atoms with Gasteiger partial charge in [0, 0.05) is 44.2 Å². The van der Waals surface area contributed by atoms with Crippen molar-refractivity contribution in [3.63, 3.8) is 0 Å². The summed E-state index contributed by atoms with van der Waals surface area (Å²) in [5.41, 5.74) is 1.11. The minimum Gasteiger partial charge on any atom is -0.497 e. The predicted octanol–water partition coefficient (Wildman–Crippen LogP) is 2.44. The molecule has 0 fully saturated rings. The van der Waals surface area contributed by atoms with Crippen LogP contribution in [0.3, 0.4) is 0 Å². The highest BCUT2D eigenvalue weighted by Gasteiger charge is 2.24. The topological polar surface area (TPSA) is 94.6 Å². The molecule has 0 saturated heterocycles. The summed E-state index contributed by atoms with van der Waals surface area (Å²) in [6.07, 6.45) is 2.26. The largest absolute Gasteiger partial charge is 0.497 e. The van der Waals surface area contributed by atoms with Crippen molar-refractivity contribution in [1.82, 2.24) is 25.0 Å². The van der Waals surface area contributed by atoms with Crippen LogP contribution in [-0.4, -0.2) is 52.9 Å². The number of hydrogen-bond acceptors (Lipinski definition) is 7. The number of nitrogens with zero attached hydrogens (tertiary/aromatic N) is 4. The SMILES string of the molecule is COc1ccc(CN2CCc3nnc([C@@H](C)NC(=O)c4ccco4)n3CC2)c(OC)c1. The number of benzene rings is 1. The van der Waals surface area contributed by atoms with Crippen LogP contribution in [0.2, 0.25) is 0 Å². The van der Waals surface area contributed by atoms with Crippen molar-refractivity contribution >= 4 is 5.91 Å². The number of rotatable bonds is 7. The Balaban J connectivity index is 1.43. The molecule has 2 aromatic heterocycles. The van der Waals surface area contributed by atoms with E-state index in [0.717, 1.165) is 61.3 Å². The zero-order valence-corrected chi connectivity index (χ0v) is 18.0. The van der Waals surface area contributed by atoms with Gasteiger partial charge in [-0.25, -0.2) is 0 Å². The average molecular weight is 425 g/mol. The first-order chi connectivity index (χ1) is 15.1. The molecule has 3 aromatic rings. The van der Waals surface area contributed by atoms with Gasteiger partial charge in [-0.15, -0.1) is 10.2 Å². The summed E-state index contributed by atoms with van der Waals surface area (Å²) in [4.78, 5) is 14.7. The van der Waals surface area contributed by atoms with E-state index in [9.17, 15) is 4.79 Å². The van der Waals surface area contributed by atoms with Gasteiger partial charge in [0.25, 0.3) is 5.91 Å². The third-order valence-corrected chi connectivity index (χ3v) is 5.52. The van der Waals surface area contributed by atoms with Crippen LogP contribution in [0.1, 0.15) is 40.7 Å². The molecular formula is C22H27N5O4. The molecule has 31 heavy (non-hydrogen) atoms. The van der Waals surface area contributed by atoms with E-state index in [0.29, 0.717) is 0 Å². The first-order valence-electron chi connectivity index (χ1n) is 10.3. The van der Waals surface area contributed by atoms with Crippen molar-refractivity contribution < 1.29 is 18.7 Å². The number of carbonyl (C=O) groups is 1. The summed E-state index contributed by atoms with van der Waals surface area (Å²) in [6.45, 7) is 5.12. The van der Waals surface area contributed by atoms with E-state index in [1.165, 1.54) is 6.26 Å². The second-order valence-corrected chi connectivity index (χ2v) is 7.50. The third kappa shape index (κ3) is 4.56.